The van der Waals surface area contributed by atoms with Gasteiger partial charge in [-0.2, -0.15) is 0 Å². The maximum atomic E-state index is 13.0. The Bertz CT molecular complexity index is 1160. The number of anilines is 1. The van der Waals surface area contributed by atoms with Gasteiger partial charge in [-0.25, -0.2) is 4.98 Å². The lowest BCUT2D eigenvalue weighted by Crippen LogP contribution is -2.13. The predicted octanol–water partition coefficient (Wildman–Crippen LogP) is 5.24. The molecule has 0 saturated heterocycles. The molecule has 7 heteroatoms. The summed E-state index contributed by atoms with van der Waals surface area (Å²) in [5, 5.41) is 3.83. The highest BCUT2D eigenvalue weighted by molar-refractivity contribution is 7.21. The van der Waals surface area contributed by atoms with E-state index in [0.717, 1.165) is 20.8 Å². The van der Waals surface area contributed by atoms with Crippen LogP contribution in [0.15, 0.2) is 60.7 Å². The van der Waals surface area contributed by atoms with E-state index >= 15 is 0 Å². The Hall–Kier alpha value is -3.58. The quantitative estimate of drug-likeness (QED) is 0.462. The van der Waals surface area contributed by atoms with Gasteiger partial charge in [-0.15, -0.1) is 11.3 Å². The highest BCUT2D eigenvalue weighted by Gasteiger charge is 2.18. The number of carbonyl (C=O) groups excluding carboxylic acids is 1. The van der Waals surface area contributed by atoms with Crippen molar-refractivity contribution in [2.45, 2.75) is 0 Å². The molecule has 1 heterocycles. The van der Waals surface area contributed by atoms with Crippen LogP contribution in [0.25, 0.3) is 20.8 Å². The zero-order valence-corrected chi connectivity index (χ0v) is 17.6. The van der Waals surface area contributed by atoms with Crippen molar-refractivity contribution >= 4 is 33.1 Å². The molecule has 0 fully saturated rings. The number of benzene rings is 3. The van der Waals surface area contributed by atoms with E-state index in [2.05, 4.69) is 5.32 Å². The summed E-state index contributed by atoms with van der Waals surface area (Å²) >= 11 is 1.59. The molecule has 0 spiro atoms. The molecule has 152 valence electrons. The summed E-state index contributed by atoms with van der Waals surface area (Å²) in [6.07, 6.45) is 0. The molecule has 4 rings (SSSR count). The fourth-order valence-electron chi connectivity index (χ4n) is 3.17. The van der Waals surface area contributed by atoms with Gasteiger partial charge in [-0.3, -0.25) is 4.79 Å². The average Bonchev–Trinajstić information content (AvgIpc) is 3.22. The van der Waals surface area contributed by atoms with Gasteiger partial charge >= 0.3 is 0 Å². The van der Waals surface area contributed by atoms with E-state index < -0.39 is 0 Å². The highest BCUT2D eigenvalue weighted by Crippen LogP contribution is 2.39. The number of nitrogens with zero attached hydrogens (tertiary/aromatic N) is 1. The van der Waals surface area contributed by atoms with Gasteiger partial charge in [0.15, 0.2) is 11.5 Å². The van der Waals surface area contributed by atoms with E-state index in [9.17, 15) is 4.79 Å². The molecule has 0 unspecified atom stereocenters. The van der Waals surface area contributed by atoms with Crippen molar-refractivity contribution in [3.05, 3.63) is 66.2 Å². The van der Waals surface area contributed by atoms with Gasteiger partial charge in [-0.05, 0) is 36.4 Å². The van der Waals surface area contributed by atoms with Crippen LogP contribution in [-0.2, 0) is 0 Å². The molecule has 0 aliphatic carbocycles. The van der Waals surface area contributed by atoms with Gasteiger partial charge in [-0.1, -0.05) is 24.3 Å². The summed E-state index contributed by atoms with van der Waals surface area (Å²) in [6.45, 7) is 0. The average molecular weight is 420 g/mol. The van der Waals surface area contributed by atoms with Crippen LogP contribution in [-0.4, -0.2) is 32.2 Å². The fourth-order valence-corrected chi connectivity index (χ4v) is 4.18. The molecule has 0 aliphatic rings. The maximum Gasteiger partial charge on any atom is 0.255 e. The standard InChI is InChI=1S/C23H20N2O4S/c1-27-18-12-14(13-19(28-2)21(18)29-3)22(26)24-16-9-5-4-8-15(16)23-25-17-10-6-7-11-20(17)30-23/h4-13H,1-3H3,(H,24,26). The lowest BCUT2D eigenvalue weighted by Gasteiger charge is -2.14. The molecule has 0 atom stereocenters. The van der Waals surface area contributed by atoms with Crippen LogP contribution in [0.2, 0.25) is 0 Å². The Morgan fingerprint density at radius 1 is 0.900 bits per heavy atom. The highest BCUT2D eigenvalue weighted by atomic mass is 32.1. The molecule has 6 nitrogen and oxygen atoms in total. The van der Waals surface area contributed by atoms with Gasteiger partial charge in [0.05, 0.1) is 37.2 Å². The summed E-state index contributed by atoms with van der Waals surface area (Å²) < 4.78 is 17.1. The molecule has 0 radical (unpaired) electrons. The molecule has 0 aliphatic heterocycles. The first-order valence-electron chi connectivity index (χ1n) is 9.21. The fraction of sp³-hybridized carbons (Fsp3) is 0.130. The van der Waals surface area contributed by atoms with Crippen molar-refractivity contribution in [1.29, 1.82) is 0 Å². The van der Waals surface area contributed by atoms with Gasteiger partial charge in [0.2, 0.25) is 5.75 Å². The van der Waals surface area contributed by atoms with Crippen LogP contribution in [0, 0.1) is 0 Å². The van der Waals surface area contributed by atoms with E-state index in [1.165, 1.54) is 21.3 Å². The first kappa shape index (κ1) is 19.7. The Labute approximate surface area is 178 Å². The first-order chi connectivity index (χ1) is 14.6. The van der Waals surface area contributed by atoms with Crippen molar-refractivity contribution in [1.82, 2.24) is 4.98 Å². The van der Waals surface area contributed by atoms with E-state index in [1.807, 2.05) is 48.5 Å². The van der Waals surface area contributed by atoms with E-state index in [4.69, 9.17) is 19.2 Å². The monoisotopic (exact) mass is 420 g/mol. The van der Waals surface area contributed by atoms with Crippen LogP contribution in [0.5, 0.6) is 17.2 Å². The third-order valence-electron chi connectivity index (χ3n) is 4.63. The number of hydrogen-bond acceptors (Lipinski definition) is 6. The number of ether oxygens (including phenoxy) is 3. The van der Waals surface area contributed by atoms with Crippen molar-refractivity contribution in [2.24, 2.45) is 0 Å². The Balaban J connectivity index is 1.69. The molecule has 1 amide bonds. The SMILES string of the molecule is COc1cc(C(=O)Nc2ccccc2-c2nc3ccccc3s2)cc(OC)c1OC. The van der Waals surface area contributed by atoms with Crippen LogP contribution < -0.4 is 19.5 Å². The lowest BCUT2D eigenvalue weighted by atomic mass is 10.1. The predicted molar refractivity (Wildman–Crippen MR) is 119 cm³/mol. The molecule has 3 aromatic carbocycles. The summed E-state index contributed by atoms with van der Waals surface area (Å²) in [5.41, 5.74) is 2.86. The summed E-state index contributed by atoms with van der Waals surface area (Å²) in [4.78, 5) is 17.7. The van der Waals surface area contributed by atoms with E-state index in [-0.39, 0.29) is 5.91 Å². The topological polar surface area (TPSA) is 69.7 Å². The van der Waals surface area contributed by atoms with E-state index in [0.29, 0.717) is 28.5 Å². The molecule has 30 heavy (non-hydrogen) atoms. The van der Waals surface area contributed by atoms with E-state index in [1.54, 1.807) is 23.5 Å². The van der Waals surface area contributed by atoms with Crippen LogP contribution in [0.1, 0.15) is 10.4 Å². The largest absolute Gasteiger partial charge is 0.493 e. The van der Waals surface area contributed by atoms with Gasteiger partial charge < -0.3 is 19.5 Å². The van der Waals surface area contributed by atoms with Gasteiger partial charge in [0, 0.05) is 11.1 Å². The number of thiazole rings is 1. The number of aromatic nitrogens is 1. The van der Waals surface area contributed by atoms with Crippen molar-refractivity contribution in [3.8, 4) is 27.8 Å². The maximum absolute atomic E-state index is 13.0. The second-order valence-electron chi connectivity index (χ2n) is 6.40. The summed E-state index contributed by atoms with van der Waals surface area (Å²) in [7, 11) is 4.55. The number of fused-ring (bicyclic) bond motifs is 1. The zero-order valence-electron chi connectivity index (χ0n) is 16.8. The lowest BCUT2D eigenvalue weighted by molar-refractivity contribution is 0.102. The zero-order chi connectivity index (χ0) is 21.1. The van der Waals surface area contributed by atoms with Crippen LogP contribution in [0.3, 0.4) is 0 Å². The van der Waals surface area contributed by atoms with Crippen molar-refractivity contribution < 1.29 is 19.0 Å². The van der Waals surface area contributed by atoms with Gasteiger partial charge in [0.25, 0.3) is 5.91 Å². The van der Waals surface area contributed by atoms with Crippen LogP contribution >= 0.6 is 11.3 Å². The number of methoxy groups -OCH3 is 3. The molecular weight excluding hydrogens is 400 g/mol. The molecule has 4 aromatic rings. The Morgan fingerprint density at radius 2 is 1.57 bits per heavy atom. The molecule has 1 aromatic heterocycles. The normalized spacial score (nSPS) is 10.6. The third kappa shape index (κ3) is 3.67. The Morgan fingerprint density at radius 3 is 2.23 bits per heavy atom. The summed E-state index contributed by atoms with van der Waals surface area (Å²) in [5.74, 6) is 0.983. The van der Waals surface area contributed by atoms with Crippen molar-refractivity contribution in [3.63, 3.8) is 0 Å². The molecule has 0 bridgehead atoms. The minimum Gasteiger partial charge on any atom is -0.493 e. The number of amides is 1. The summed E-state index contributed by atoms with van der Waals surface area (Å²) in [6, 6.07) is 18.8. The second-order valence-corrected chi connectivity index (χ2v) is 7.43. The van der Waals surface area contributed by atoms with Crippen LogP contribution in [0.4, 0.5) is 5.69 Å². The molecular formula is C23H20N2O4S. The number of carbonyl (C=O) groups is 1. The molecule has 1 N–H and O–H groups in total. The Kier molecular flexibility index (Phi) is 5.54. The minimum absolute atomic E-state index is 0.289. The van der Waals surface area contributed by atoms with Crippen molar-refractivity contribution in [2.75, 3.05) is 26.6 Å². The second kappa shape index (κ2) is 8.42. The number of nitrogens with one attached hydrogen (secondary N) is 1. The third-order valence-corrected chi connectivity index (χ3v) is 5.70. The molecule has 0 saturated carbocycles. The minimum atomic E-state index is -0.289. The smallest absolute Gasteiger partial charge is 0.255 e. The number of rotatable bonds is 6. The number of para-hydroxylation sites is 2. The number of hydrogen-bond donors (Lipinski definition) is 1. The first-order valence-corrected chi connectivity index (χ1v) is 10.0. The van der Waals surface area contributed by atoms with Gasteiger partial charge in [0.1, 0.15) is 5.01 Å².